The molecular formula is C16H16O4. The van der Waals surface area contributed by atoms with Crippen LogP contribution in [-0.2, 0) is 6.61 Å². The molecule has 2 rings (SSSR count). The Morgan fingerprint density at radius 1 is 1.15 bits per heavy atom. The number of para-hydroxylation sites is 1. The van der Waals surface area contributed by atoms with Crippen molar-refractivity contribution in [3.05, 3.63) is 59.2 Å². The van der Waals surface area contributed by atoms with E-state index in [1.807, 2.05) is 31.2 Å². The summed E-state index contributed by atoms with van der Waals surface area (Å²) in [6.07, 6.45) is 0. The van der Waals surface area contributed by atoms with Gasteiger partial charge in [-0.3, -0.25) is 0 Å². The van der Waals surface area contributed by atoms with Crippen LogP contribution in [0.3, 0.4) is 0 Å². The standard InChI is InChI=1S/C16H16O4/c1-11-5-3-4-6-14(11)20-10-12-7-8-13(16(17)18)15(9-12)19-2/h3-9H,10H2,1-2H3,(H,17,18). The summed E-state index contributed by atoms with van der Waals surface area (Å²) in [6, 6.07) is 12.7. The van der Waals surface area contributed by atoms with E-state index in [1.165, 1.54) is 13.2 Å². The van der Waals surface area contributed by atoms with Gasteiger partial charge in [0.05, 0.1) is 7.11 Å². The largest absolute Gasteiger partial charge is 0.496 e. The van der Waals surface area contributed by atoms with Crippen molar-refractivity contribution < 1.29 is 19.4 Å². The fourth-order valence-electron chi connectivity index (χ4n) is 1.88. The Morgan fingerprint density at radius 3 is 2.55 bits per heavy atom. The summed E-state index contributed by atoms with van der Waals surface area (Å²) in [5, 5.41) is 9.02. The zero-order valence-electron chi connectivity index (χ0n) is 11.4. The first kappa shape index (κ1) is 13.9. The molecule has 0 bridgehead atoms. The number of benzene rings is 2. The predicted molar refractivity (Wildman–Crippen MR) is 75.5 cm³/mol. The molecule has 0 amide bonds. The zero-order valence-corrected chi connectivity index (χ0v) is 11.4. The molecule has 2 aromatic carbocycles. The molecule has 0 aliphatic rings. The van der Waals surface area contributed by atoms with Crippen molar-refractivity contribution in [1.82, 2.24) is 0 Å². The van der Waals surface area contributed by atoms with E-state index < -0.39 is 5.97 Å². The quantitative estimate of drug-likeness (QED) is 0.907. The van der Waals surface area contributed by atoms with Gasteiger partial charge in [-0.15, -0.1) is 0 Å². The molecule has 0 atom stereocenters. The first-order valence-electron chi connectivity index (χ1n) is 6.20. The number of hydrogen-bond acceptors (Lipinski definition) is 3. The number of carboxylic acids is 1. The number of rotatable bonds is 5. The van der Waals surface area contributed by atoms with Crippen LogP contribution in [0.2, 0.25) is 0 Å². The third-order valence-electron chi connectivity index (χ3n) is 2.98. The lowest BCUT2D eigenvalue weighted by Crippen LogP contribution is -2.03. The number of carboxylic acid groups (broad SMARTS) is 1. The summed E-state index contributed by atoms with van der Waals surface area (Å²) in [5.41, 5.74) is 2.06. The van der Waals surface area contributed by atoms with Crippen molar-refractivity contribution in [3.63, 3.8) is 0 Å². The molecule has 2 aromatic rings. The molecule has 4 heteroatoms. The summed E-state index contributed by atoms with van der Waals surface area (Å²) in [7, 11) is 1.45. The van der Waals surface area contributed by atoms with Gasteiger partial charge in [-0.05, 0) is 36.2 Å². The molecule has 0 fully saturated rings. The highest BCUT2D eigenvalue weighted by Gasteiger charge is 2.11. The Hall–Kier alpha value is -2.49. The summed E-state index contributed by atoms with van der Waals surface area (Å²) < 4.78 is 10.8. The highest BCUT2D eigenvalue weighted by molar-refractivity contribution is 5.90. The fraction of sp³-hybridized carbons (Fsp3) is 0.188. The summed E-state index contributed by atoms with van der Waals surface area (Å²) >= 11 is 0. The van der Waals surface area contributed by atoms with E-state index in [-0.39, 0.29) is 5.56 Å². The lowest BCUT2D eigenvalue weighted by Gasteiger charge is -2.11. The van der Waals surface area contributed by atoms with E-state index in [0.717, 1.165) is 16.9 Å². The van der Waals surface area contributed by atoms with E-state index in [9.17, 15) is 4.79 Å². The van der Waals surface area contributed by atoms with Crippen molar-refractivity contribution in [2.45, 2.75) is 13.5 Å². The van der Waals surface area contributed by atoms with Gasteiger partial charge in [-0.1, -0.05) is 24.3 Å². The zero-order chi connectivity index (χ0) is 14.5. The average Bonchev–Trinajstić information content (AvgIpc) is 2.46. The van der Waals surface area contributed by atoms with E-state index >= 15 is 0 Å². The molecular weight excluding hydrogens is 256 g/mol. The van der Waals surface area contributed by atoms with Crippen molar-refractivity contribution in [2.75, 3.05) is 7.11 Å². The minimum Gasteiger partial charge on any atom is -0.496 e. The number of aromatic carboxylic acids is 1. The molecule has 104 valence electrons. The number of methoxy groups -OCH3 is 1. The number of hydrogen-bond donors (Lipinski definition) is 1. The van der Waals surface area contributed by atoms with Gasteiger partial charge in [0.25, 0.3) is 0 Å². The van der Waals surface area contributed by atoms with Gasteiger partial charge in [-0.2, -0.15) is 0 Å². The van der Waals surface area contributed by atoms with Gasteiger partial charge in [0, 0.05) is 0 Å². The second-order valence-electron chi connectivity index (χ2n) is 4.39. The molecule has 0 saturated carbocycles. The van der Waals surface area contributed by atoms with Crippen LogP contribution in [0, 0.1) is 6.92 Å². The molecule has 0 aliphatic carbocycles. The molecule has 0 heterocycles. The normalized spacial score (nSPS) is 10.1. The average molecular weight is 272 g/mol. The smallest absolute Gasteiger partial charge is 0.339 e. The van der Waals surface area contributed by atoms with Crippen molar-refractivity contribution >= 4 is 5.97 Å². The highest BCUT2D eigenvalue weighted by Crippen LogP contribution is 2.22. The number of ether oxygens (including phenoxy) is 2. The fourth-order valence-corrected chi connectivity index (χ4v) is 1.88. The van der Waals surface area contributed by atoms with Crippen LogP contribution in [0.4, 0.5) is 0 Å². The second-order valence-corrected chi connectivity index (χ2v) is 4.39. The maximum absolute atomic E-state index is 11.0. The van der Waals surface area contributed by atoms with Crippen molar-refractivity contribution in [3.8, 4) is 11.5 Å². The minimum absolute atomic E-state index is 0.146. The number of aryl methyl sites for hydroxylation is 1. The van der Waals surface area contributed by atoms with Crippen LogP contribution >= 0.6 is 0 Å². The van der Waals surface area contributed by atoms with Crippen LogP contribution in [-0.4, -0.2) is 18.2 Å². The molecule has 1 N–H and O–H groups in total. The first-order chi connectivity index (χ1) is 9.61. The third-order valence-corrected chi connectivity index (χ3v) is 2.98. The molecule has 20 heavy (non-hydrogen) atoms. The minimum atomic E-state index is -1.01. The molecule has 0 unspecified atom stereocenters. The highest BCUT2D eigenvalue weighted by atomic mass is 16.5. The number of carbonyl (C=O) groups is 1. The Labute approximate surface area is 117 Å². The predicted octanol–water partition coefficient (Wildman–Crippen LogP) is 3.28. The topological polar surface area (TPSA) is 55.8 Å². The lowest BCUT2D eigenvalue weighted by molar-refractivity contribution is 0.0693. The molecule has 0 aromatic heterocycles. The van der Waals surface area contributed by atoms with Crippen LogP contribution in [0.5, 0.6) is 11.5 Å². The molecule has 0 aliphatic heterocycles. The van der Waals surface area contributed by atoms with E-state index in [4.69, 9.17) is 14.6 Å². The van der Waals surface area contributed by atoms with Crippen LogP contribution in [0.25, 0.3) is 0 Å². The van der Waals surface area contributed by atoms with E-state index in [2.05, 4.69) is 0 Å². The lowest BCUT2D eigenvalue weighted by atomic mass is 10.1. The van der Waals surface area contributed by atoms with E-state index in [0.29, 0.717) is 12.4 Å². The van der Waals surface area contributed by atoms with E-state index in [1.54, 1.807) is 12.1 Å². The van der Waals surface area contributed by atoms with Crippen LogP contribution < -0.4 is 9.47 Å². The maximum atomic E-state index is 11.0. The SMILES string of the molecule is COc1cc(COc2ccccc2C)ccc1C(=O)O. The van der Waals surface area contributed by atoms with Gasteiger partial charge in [0.2, 0.25) is 0 Å². The van der Waals surface area contributed by atoms with Gasteiger partial charge in [-0.25, -0.2) is 4.79 Å². The monoisotopic (exact) mass is 272 g/mol. The Morgan fingerprint density at radius 2 is 1.90 bits per heavy atom. The third kappa shape index (κ3) is 3.09. The Balaban J connectivity index is 2.15. The van der Waals surface area contributed by atoms with Crippen LogP contribution in [0.15, 0.2) is 42.5 Å². The molecule has 0 saturated heterocycles. The van der Waals surface area contributed by atoms with Gasteiger partial charge >= 0.3 is 5.97 Å². The molecule has 4 nitrogen and oxygen atoms in total. The van der Waals surface area contributed by atoms with Crippen molar-refractivity contribution in [1.29, 1.82) is 0 Å². The Kier molecular flexibility index (Phi) is 4.25. The summed E-state index contributed by atoms with van der Waals surface area (Å²) in [6.45, 7) is 2.34. The summed E-state index contributed by atoms with van der Waals surface area (Å²) in [5.74, 6) is 0.144. The van der Waals surface area contributed by atoms with Gasteiger partial charge in [0.1, 0.15) is 23.7 Å². The molecule has 0 spiro atoms. The Bertz CT molecular complexity index is 620. The van der Waals surface area contributed by atoms with Crippen molar-refractivity contribution in [2.24, 2.45) is 0 Å². The van der Waals surface area contributed by atoms with Gasteiger partial charge < -0.3 is 14.6 Å². The summed E-state index contributed by atoms with van der Waals surface area (Å²) in [4.78, 5) is 11.0. The second kappa shape index (κ2) is 6.10. The molecule has 0 radical (unpaired) electrons. The first-order valence-corrected chi connectivity index (χ1v) is 6.20. The van der Waals surface area contributed by atoms with Gasteiger partial charge in [0.15, 0.2) is 0 Å². The van der Waals surface area contributed by atoms with Crippen LogP contribution in [0.1, 0.15) is 21.5 Å². The maximum Gasteiger partial charge on any atom is 0.339 e.